The van der Waals surface area contributed by atoms with Crippen LogP contribution in [-0.2, 0) is 6.61 Å². The maximum atomic E-state index is 13.9. The van der Waals surface area contributed by atoms with Crippen LogP contribution in [0.15, 0.2) is 30.5 Å². The molecule has 1 aliphatic rings. The van der Waals surface area contributed by atoms with Gasteiger partial charge in [0.1, 0.15) is 23.9 Å². The van der Waals surface area contributed by atoms with Crippen molar-refractivity contribution in [2.75, 3.05) is 0 Å². The molecule has 1 aliphatic carbocycles. The number of rotatable bonds is 6. The normalized spacial score (nSPS) is 18.7. The number of carbonyl (C=O) groups excluding carboxylic acids is 1. The number of pyridine rings is 1. The van der Waals surface area contributed by atoms with Gasteiger partial charge in [0.05, 0.1) is 11.3 Å². The van der Waals surface area contributed by atoms with Crippen LogP contribution in [0.4, 0.5) is 8.78 Å². The van der Waals surface area contributed by atoms with E-state index < -0.39 is 11.6 Å². The summed E-state index contributed by atoms with van der Waals surface area (Å²) < 4.78 is 35.3. The lowest BCUT2D eigenvalue weighted by Gasteiger charge is -2.31. The Labute approximate surface area is 167 Å². The van der Waals surface area contributed by atoms with Crippen molar-refractivity contribution in [3.63, 3.8) is 0 Å². The molecule has 0 bridgehead atoms. The number of carbonyl (C=O) groups is 1. The SMILES string of the molecule is Cc1cc(OCc2c(F)cccc2F)c2nc(C)c(C(=O)CC3CC(N)C3)n2c1. The van der Waals surface area contributed by atoms with Gasteiger partial charge in [-0.2, -0.15) is 0 Å². The number of benzene rings is 1. The number of nitrogens with two attached hydrogens (primary N) is 1. The monoisotopic (exact) mass is 399 g/mol. The van der Waals surface area contributed by atoms with Crippen LogP contribution in [0.5, 0.6) is 5.75 Å². The van der Waals surface area contributed by atoms with Gasteiger partial charge < -0.3 is 10.5 Å². The third-order valence-corrected chi connectivity index (χ3v) is 5.44. The van der Waals surface area contributed by atoms with Crippen molar-refractivity contribution in [1.29, 1.82) is 0 Å². The summed E-state index contributed by atoms with van der Waals surface area (Å²) in [6, 6.07) is 5.63. The van der Waals surface area contributed by atoms with Crippen molar-refractivity contribution in [1.82, 2.24) is 9.38 Å². The number of hydrogen-bond donors (Lipinski definition) is 1. The van der Waals surface area contributed by atoms with Gasteiger partial charge in [0.15, 0.2) is 17.2 Å². The molecule has 2 heterocycles. The number of halogens is 2. The van der Waals surface area contributed by atoms with E-state index in [0.717, 1.165) is 18.4 Å². The molecule has 5 nitrogen and oxygen atoms in total. The van der Waals surface area contributed by atoms with Gasteiger partial charge in [0.2, 0.25) is 0 Å². The summed E-state index contributed by atoms with van der Waals surface area (Å²) in [6.07, 6.45) is 3.99. The number of hydrogen-bond acceptors (Lipinski definition) is 4. The van der Waals surface area contributed by atoms with Crippen LogP contribution in [0.3, 0.4) is 0 Å². The van der Waals surface area contributed by atoms with Crippen molar-refractivity contribution in [3.05, 3.63) is 64.6 Å². The summed E-state index contributed by atoms with van der Waals surface area (Å²) in [5.74, 6) is -0.624. The fraction of sp³-hybridized carbons (Fsp3) is 0.364. The Hall–Kier alpha value is -2.80. The van der Waals surface area contributed by atoms with Crippen molar-refractivity contribution in [2.45, 2.75) is 45.8 Å². The third-order valence-electron chi connectivity index (χ3n) is 5.44. The molecule has 7 heteroatoms. The second-order valence-electron chi connectivity index (χ2n) is 7.83. The molecule has 0 radical (unpaired) electrons. The molecular formula is C22H23F2N3O2. The molecule has 2 N–H and O–H groups in total. The molecule has 2 aromatic heterocycles. The highest BCUT2D eigenvalue weighted by Gasteiger charge is 2.30. The number of imidazole rings is 1. The van der Waals surface area contributed by atoms with Crippen LogP contribution in [0.1, 0.15) is 46.6 Å². The predicted octanol–water partition coefficient (Wildman–Crippen LogP) is 4.12. The molecule has 1 fully saturated rings. The van der Waals surface area contributed by atoms with Crippen molar-refractivity contribution >= 4 is 11.4 Å². The van der Waals surface area contributed by atoms with Gasteiger partial charge in [-0.05, 0) is 56.4 Å². The molecule has 0 unspecified atom stereocenters. The van der Waals surface area contributed by atoms with E-state index in [4.69, 9.17) is 10.5 Å². The Balaban J connectivity index is 1.64. The van der Waals surface area contributed by atoms with E-state index >= 15 is 0 Å². The molecule has 0 atom stereocenters. The van der Waals surface area contributed by atoms with E-state index in [1.807, 2.05) is 13.1 Å². The maximum Gasteiger partial charge on any atom is 0.181 e. The Morgan fingerprint density at radius 2 is 1.97 bits per heavy atom. The summed E-state index contributed by atoms with van der Waals surface area (Å²) in [5.41, 5.74) is 8.11. The zero-order chi connectivity index (χ0) is 20.7. The molecule has 0 aliphatic heterocycles. The van der Waals surface area contributed by atoms with Crippen molar-refractivity contribution in [2.24, 2.45) is 11.7 Å². The van der Waals surface area contributed by atoms with E-state index in [-0.39, 0.29) is 24.0 Å². The summed E-state index contributed by atoms with van der Waals surface area (Å²) in [7, 11) is 0. The molecule has 0 amide bonds. The average Bonchev–Trinajstić information content (AvgIpc) is 2.95. The number of fused-ring (bicyclic) bond motifs is 1. The zero-order valence-electron chi connectivity index (χ0n) is 16.4. The van der Waals surface area contributed by atoms with Gasteiger partial charge in [-0.25, -0.2) is 13.8 Å². The Kier molecular flexibility index (Phi) is 5.08. The smallest absolute Gasteiger partial charge is 0.181 e. The minimum Gasteiger partial charge on any atom is -0.485 e. The second-order valence-corrected chi connectivity index (χ2v) is 7.83. The first-order valence-electron chi connectivity index (χ1n) is 9.67. The summed E-state index contributed by atoms with van der Waals surface area (Å²) in [4.78, 5) is 17.4. The topological polar surface area (TPSA) is 69.6 Å². The van der Waals surface area contributed by atoms with Crippen LogP contribution in [-0.4, -0.2) is 21.2 Å². The quantitative estimate of drug-likeness (QED) is 0.633. The number of ketones is 1. The first kappa shape index (κ1) is 19.5. The third kappa shape index (κ3) is 3.74. The lowest BCUT2D eigenvalue weighted by Crippen LogP contribution is -2.37. The summed E-state index contributed by atoms with van der Waals surface area (Å²) in [5, 5.41) is 0. The van der Waals surface area contributed by atoms with Gasteiger partial charge in [-0.1, -0.05) is 6.07 Å². The standard InChI is InChI=1S/C22H23F2N3O2/c1-12-6-20(29-11-16-17(23)4-3-5-18(16)24)22-26-13(2)21(27(22)10-12)19(28)9-14-7-15(25)8-14/h3-6,10,14-15H,7-9,11,25H2,1-2H3. The van der Waals surface area contributed by atoms with Crippen molar-refractivity contribution in [3.8, 4) is 5.75 Å². The predicted molar refractivity (Wildman–Crippen MR) is 105 cm³/mol. The van der Waals surface area contributed by atoms with E-state index in [2.05, 4.69) is 4.98 Å². The van der Waals surface area contributed by atoms with Crippen molar-refractivity contribution < 1.29 is 18.3 Å². The van der Waals surface area contributed by atoms with E-state index in [0.29, 0.717) is 35.1 Å². The van der Waals surface area contributed by atoms with Gasteiger partial charge >= 0.3 is 0 Å². The second kappa shape index (κ2) is 7.55. The van der Waals surface area contributed by atoms with Gasteiger partial charge in [0.25, 0.3) is 0 Å². The highest BCUT2D eigenvalue weighted by atomic mass is 19.1. The molecule has 0 saturated heterocycles. The molecular weight excluding hydrogens is 376 g/mol. The van der Waals surface area contributed by atoms with Crippen LogP contribution in [0.2, 0.25) is 0 Å². The fourth-order valence-corrected chi connectivity index (χ4v) is 3.93. The zero-order valence-corrected chi connectivity index (χ0v) is 16.4. The van der Waals surface area contributed by atoms with E-state index in [1.165, 1.54) is 18.2 Å². The highest BCUT2D eigenvalue weighted by Crippen LogP contribution is 2.32. The molecule has 3 aromatic rings. The molecule has 1 aromatic carbocycles. The van der Waals surface area contributed by atoms with Gasteiger partial charge in [-0.15, -0.1) is 0 Å². The first-order valence-corrected chi connectivity index (χ1v) is 9.67. The van der Waals surface area contributed by atoms with E-state index in [9.17, 15) is 13.6 Å². The summed E-state index contributed by atoms with van der Waals surface area (Å²) in [6.45, 7) is 3.37. The largest absolute Gasteiger partial charge is 0.485 e. The number of aryl methyl sites for hydroxylation is 2. The number of aromatic nitrogens is 2. The Morgan fingerprint density at radius 1 is 1.28 bits per heavy atom. The number of Topliss-reactive ketones (excluding diaryl/α,β-unsaturated/α-hetero) is 1. The van der Waals surface area contributed by atoms with Gasteiger partial charge in [0, 0.05) is 18.7 Å². The number of ether oxygens (including phenoxy) is 1. The highest BCUT2D eigenvalue weighted by molar-refractivity contribution is 5.97. The molecule has 0 spiro atoms. The summed E-state index contributed by atoms with van der Waals surface area (Å²) >= 11 is 0. The minimum atomic E-state index is -0.664. The van der Waals surface area contributed by atoms with Crippen LogP contribution in [0.25, 0.3) is 5.65 Å². The average molecular weight is 399 g/mol. The maximum absolute atomic E-state index is 13.9. The Bertz CT molecular complexity index is 1070. The molecule has 4 rings (SSSR count). The van der Waals surface area contributed by atoms with E-state index in [1.54, 1.807) is 17.4 Å². The lowest BCUT2D eigenvalue weighted by atomic mass is 9.77. The van der Waals surface area contributed by atoms with Crippen LogP contribution < -0.4 is 10.5 Å². The van der Waals surface area contributed by atoms with Gasteiger partial charge in [-0.3, -0.25) is 9.20 Å². The first-order chi connectivity index (χ1) is 13.8. The lowest BCUT2D eigenvalue weighted by molar-refractivity contribution is 0.0920. The molecule has 152 valence electrons. The van der Waals surface area contributed by atoms with Crippen LogP contribution in [0, 0.1) is 31.4 Å². The Morgan fingerprint density at radius 3 is 2.62 bits per heavy atom. The fourth-order valence-electron chi connectivity index (χ4n) is 3.93. The molecule has 1 saturated carbocycles. The molecule has 29 heavy (non-hydrogen) atoms. The minimum absolute atomic E-state index is 0.0172. The number of nitrogens with zero attached hydrogens (tertiary/aromatic N) is 2. The van der Waals surface area contributed by atoms with Crippen LogP contribution >= 0.6 is 0 Å².